The molecule has 23 heavy (non-hydrogen) atoms. The highest BCUT2D eigenvalue weighted by Gasteiger charge is 2.09. The number of ether oxygens (including phenoxy) is 2. The summed E-state index contributed by atoms with van der Waals surface area (Å²) in [4.78, 5) is 11.3. The van der Waals surface area contributed by atoms with Crippen molar-refractivity contribution >= 4 is 50.6 Å². The van der Waals surface area contributed by atoms with E-state index in [4.69, 9.17) is 16.3 Å². The van der Waals surface area contributed by atoms with E-state index in [2.05, 4.69) is 31.3 Å². The second-order valence-electron chi connectivity index (χ2n) is 4.59. The molecule has 2 N–H and O–H groups in total. The summed E-state index contributed by atoms with van der Waals surface area (Å²) in [5, 5.41) is 6.89. The maximum atomic E-state index is 11.3. The summed E-state index contributed by atoms with van der Waals surface area (Å²) in [5.41, 5.74) is 2.24. The Morgan fingerprint density at radius 3 is 2.61 bits per heavy atom. The number of anilines is 3. The number of hydrogen-bond acceptors (Lipinski definition) is 5. The molecule has 0 heterocycles. The largest absolute Gasteiger partial charge is 0.495 e. The van der Waals surface area contributed by atoms with Crippen molar-refractivity contribution in [3.05, 3.63) is 45.9 Å². The summed E-state index contributed by atoms with van der Waals surface area (Å²) in [6.07, 6.45) is 0. The minimum absolute atomic E-state index is 0.0638. The first-order valence-electron chi connectivity index (χ1n) is 6.74. The molecule has 0 fully saturated rings. The maximum Gasteiger partial charge on any atom is 0.325 e. The predicted octanol–water partition coefficient (Wildman–Crippen LogP) is 4.44. The van der Waals surface area contributed by atoms with E-state index >= 15 is 0 Å². The van der Waals surface area contributed by atoms with Crippen LogP contribution in [-0.2, 0) is 9.53 Å². The summed E-state index contributed by atoms with van der Waals surface area (Å²) in [5.74, 6) is 0.312. The van der Waals surface area contributed by atoms with Crippen LogP contribution < -0.4 is 15.4 Å². The Kier molecular flexibility index (Phi) is 6.12. The number of halogens is 2. The molecule has 0 aliphatic heterocycles. The molecule has 0 spiro atoms. The minimum Gasteiger partial charge on any atom is -0.495 e. The number of methoxy groups -OCH3 is 2. The van der Waals surface area contributed by atoms with Gasteiger partial charge in [-0.15, -0.1) is 0 Å². The third-order valence-corrected chi connectivity index (χ3v) is 3.79. The third-order valence-electron chi connectivity index (χ3n) is 3.06. The quantitative estimate of drug-likeness (QED) is 0.703. The Morgan fingerprint density at radius 1 is 1.13 bits per heavy atom. The van der Waals surface area contributed by atoms with Gasteiger partial charge >= 0.3 is 5.97 Å². The van der Waals surface area contributed by atoms with Crippen LogP contribution in [0.1, 0.15) is 0 Å². The van der Waals surface area contributed by atoms with Crippen LogP contribution in [0, 0.1) is 0 Å². The van der Waals surface area contributed by atoms with Crippen LogP contribution in [0.15, 0.2) is 40.9 Å². The van der Waals surface area contributed by atoms with Gasteiger partial charge in [-0.25, -0.2) is 0 Å². The van der Waals surface area contributed by atoms with Crippen molar-refractivity contribution in [1.82, 2.24) is 0 Å². The van der Waals surface area contributed by atoms with Crippen molar-refractivity contribution in [2.75, 3.05) is 31.4 Å². The first-order valence-corrected chi connectivity index (χ1v) is 7.91. The fraction of sp³-hybridized carbons (Fsp3) is 0.188. The molecule has 0 aliphatic carbocycles. The van der Waals surface area contributed by atoms with Crippen LogP contribution in [0.3, 0.4) is 0 Å². The van der Waals surface area contributed by atoms with E-state index in [-0.39, 0.29) is 12.5 Å². The number of benzene rings is 2. The lowest BCUT2D eigenvalue weighted by Gasteiger charge is -2.16. The lowest BCUT2D eigenvalue weighted by Crippen LogP contribution is -2.15. The normalized spacial score (nSPS) is 10.1. The molecule has 0 bridgehead atoms. The molecule has 0 unspecified atom stereocenters. The smallest absolute Gasteiger partial charge is 0.325 e. The topological polar surface area (TPSA) is 59.6 Å². The van der Waals surface area contributed by atoms with E-state index in [9.17, 15) is 4.79 Å². The number of hydrogen-bond donors (Lipinski definition) is 2. The zero-order chi connectivity index (χ0) is 16.8. The maximum absolute atomic E-state index is 11.3. The molecule has 0 aliphatic rings. The van der Waals surface area contributed by atoms with Gasteiger partial charge in [0.2, 0.25) is 0 Å². The molecule has 0 radical (unpaired) electrons. The highest BCUT2D eigenvalue weighted by atomic mass is 79.9. The fourth-order valence-electron chi connectivity index (χ4n) is 1.93. The van der Waals surface area contributed by atoms with Crippen LogP contribution in [0.2, 0.25) is 5.02 Å². The average Bonchev–Trinajstić information content (AvgIpc) is 2.55. The lowest BCUT2D eigenvalue weighted by molar-refractivity contribution is -0.138. The Balaban J connectivity index is 2.29. The first-order chi connectivity index (χ1) is 11.0. The zero-order valence-corrected chi connectivity index (χ0v) is 15.0. The van der Waals surface area contributed by atoms with Crippen LogP contribution >= 0.6 is 27.5 Å². The van der Waals surface area contributed by atoms with E-state index in [1.807, 2.05) is 18.2 Å². The second kappa shape index (κ2) is 8.08. The van der Waals surface area contributed by atoms with Gasteiger partial charge in [-0.05, 0) is 36.4 Å². The molecule has 0 amide bonds. The Hall–Kier alpha value is -1.92. The fourth-order valence-corrected chi connectivity index (χ4v) is 2.47. The number of nitrogens with one attached hydrogen (secondary N) is 2. The van der Waals surface area contributed by atoms with Crippen LogP contribution in [0.4, 0.5) is 17.1 Å². The summed E-state index contributed by atoms with van der Waals surface area (Å²) >= 11 is 9.46. The molecule has 2 aromatic carbocycles. The summed E-state index contributed by atoms with van der Waals surface area (Å²) in [6.45, 7) is 0.0638. The SMILES string of the molecule is COC(=O)CNc1cc(Br)ccc1Nc1cc(Cl)ccc1OC. The summed E-state index contributed by atoms with van der Waals surface area (Å²) < 4.78 is 10.9. The highest BCUT2D eigenvalue weighted by Crippen LogP contribution is 2.34. The second-order valence-corrected chi connectivity index (χ2v) is 5.94. The monoisotopic (exact) mass is 398 g/mol. The van der Waals surface area contributed by atoms with Gasteiger partial charge in [0, 0.05) is 9.50 Å². The van der Waals surface area contributed by atoms with E-state index in [1.165, 1.54) is 7.11 Å². The number of rotatable bonds is 6. The molecule has 0 atom stereocenters. The molecule has 0 aromatic heterocycles. The van der Waals surface area contributed by atoms with E-state index in [0.717, 1.165) is 21.5 Å². The van der Waals surface area contributed by atoms with Gasteiger partial charge in [0.05, 0.1) is 31.3 Å². The van der Waals surface area contributed by atoms with Crippen molar-refractivity contribution in [3.8, 4) is 5.75 Å². The molecule has 0 saturated heterocycles. The number of carbonyl (C=O) groups is 1. The molecule has 2 rings (SSSR count). The van der Waals surface area contributed by atoms with Gasteiger partial charge in [0.1, 0.15) is 12.3 Å². The van der Waals surface area contributed by atoms with Crippen LogP contribution in [0.25, 0.3) is 0 Å². The molecule has 0 saturated carbocycles. The molecular weight excluding hydrogens is 384 g/mol. The summed E-state index contributed by atoms with van der Waals surface area (Å²) in [7, 11) is 2.94. The van der Waals surface area contributed by atoms with E-state index in [0.29, 0.717) is 10.8 Å². The van der Waals surface area contributed by atoms with Gasteiger partial charge in [0.25, 0.3) is 0 Å². The highest BCUT2D eigenvalue weighted by molar-refractivity contribution is 9.10. The number of esters is 1. The van der Waals surface area contributed by atoms with Gasteiger partial charge in [-0.3, -0.25) is 4.79 Å². The molecule has 5 nitrogen and oxygen atoms in total. The Labute approximate surface area is 148 Å². The van der Waals surface area contributed by atoms with Gasteiger partial charge < -0.3 is 20.1 Å². The van der Waals surface area contributed by atoms with Crippen molar-refractivity contribution in [2.45, 2.75) is 0 Å². The predicted molar refractivity (Wildman–Crippen MR) is 95.9 cm³/mol. The van der Waals surface area contributed by atoms with Crippen molar-refractivity contribution in [1.29, 1.82) is 0 Å². The van der Waals surface area contributed by atoms with Crippen molar-refractivity contribution in [2.24, 2.45) is 0 Å². The standard InChI is InChI=1S/C16H16BrClN2O3/c1-22-15-6-4-11(18)8-14(15)20-12-5-3-10(17)7-13(12)19-9-16(21)23-2/h3-8,19-20H,9H2,1-2H3. The van der Waals surface area contributed by atoms with E-state index < -0.39 is 0 Å². The van der Waals surface area contributed by atoms with Crippen LogP contribution in [-0.4, -0.2) is 26.7 Å². The number of carbonyl (C=O) groups excluding carboxylic acids is 1. The molecular formula is C16H16BrClN2O3. The Morgan fingerprint density at radius 2 is 1.91 bits per heavy atom. The molecule has 2 aromatic rings. The van der Waals surface area contributed by atoms with E-state index in [1.54, 1.807) is 25.3 Å². The minimum atomic E-state index is -0.351. The van der Waals surface area contributed by atoms with Gasteiger partial charge in [-0.2, -0.15) is 0 Å². The lowest BCUT2D eigenvalue weighted by atomic mass is 10.2. The van der Waals surface area contributed by atoms with Crippen molar-refractivity contribution in [3.63, 3.8) is 0 Å². The molecule has 7 heteroatoms. The zero-order valence-electron chi connectivity index (χ0n) is 12.7. The van der Waals surface area contributed by atoms with Crippen LogP contribution in [0.5, 0.6) is 5.75 Å². The Bertz CT molecular complexity index is 710. The third kappa shape index (κ3) is 4.77. The van der Waals surface area contributed by atoms with Gasteiger partial charge in [-0.1, -0.05) is 27.5 Å². The molecule has 122 valence electrons. The first kappa shape index (κ1) is 17.4. The van der Waals surface area contributed by atoms with Crippen molar-refractivity contribution < 1.29 is 14.3 Å². The average molecular weight is 400 g/mol. The van der Waals surface area contributed by atoms with Gasteiger partial charge in [0.15, 0.2) is 0 Å². The summed E-state index contributed by atoms with van der Waals surface area (Å²) in [6, 6.07) is 10.9.